The lowest BCUT2D eigenvalue weighted by Gasteiger charge is -2.29. The van der Waals surface area contributed by atoms with Crippen LogP contribution in [0.5, 0.6) is 5.75 Å². The number of hydrogen-bond acceptors (Lipinski definition) is 5. The summed E-state index contributed by atoms with van der Waals surface area (Å²) in [5.41, 5.74) is 0.842. The second-order valence-corrected chi connectivity index (χ2v) is 7.31. The average Bonchev–Trinajstić information content (AvgIpc) is 3.23. The summed E-state index contributed by atoms with van der Waals surface area (Å²) < 4.78 is 5.14. The number of carbonyl (C=O) groups is 2. The zero-order chi connectivity index (χ0) is 19.9. The van der Waals surface area contributed by atoms with Gasteiger partial charge in [-0.3, -0.25) is 14.9 Å². The van der Waals surface area contributed by atoms with Gasteiger partial charge in [0.2, 0.25) is 11.8 Å². The zero-order valence-electron chi connectivity index (χ0n) is 15.7. The third kappa shape index (κ3) is 2.83. The maximum Gasteiger partial charge on any atom is 0.250 e. The van der Waals surface area contributed by atoms with Crippen LogP contribution in [0.4, 0.5) is 11.4 Å². The highest BCUT2D eigenvalue weighted by Gasteiger charge is 2.60. The minimum atomic E-state index is -1.20. The summed E-state index contributed by atoms with van der Waals surface area (Å²) in [5, 5.41) is 19.2. The number of amides is 2. The van der Waals surface area contributed by atoms with Gasteiger partial charge in [-0.25, -0.2) is 0 Å². The Balaban J connectivity index is 1.69. The topological polar surface area (TPSA) is 99.7 Å². The SMILES string of the molecule is COc1ccc(NC(=O)[C@H]2C[C@H]([C@@H](C)O)N[C@@]23C(=O)Nc2ccccc23)cc1. The molecule has 4 N–H and O–H groups in total. The molecule has 7 nitrogen and oxygen atoms in total. The number of hydrogen-bond donors (Lipinski definition) is 4. The number of benzene rings is 2. The lowest BCUT2D eigenvalue weighted by Crippen LogP contribution is -2.53. The van der Waals surface area contributed by atoms with Crippen LogP contribution in [0.1, 0.15) is 18.9 Å². The van der Waals surface area contributed by atoms with Gasteiger partial charge in [0.1, 0.15) is 11.3 Å². The Hall–Kier alpha value is -2.90. The lowest BCUT2D eigenvalue weighted by atomic mass is 9.79. The second-order valence-electron chi connectivity index (χ2n) is 7.31. The predicted octanol–water partition coefficient (Wildman–Crippen LogP) is 1.84. The monoisotopic (exact) mass is 381 g/mol. The molecular weight excluding hydrogens is 358 g/mol. The van der Waals surface area contributed by atoms with E-state index in [4.69, 9.17) is 4.74 Å². The fraction of sp³-hybridized carbons (Fsp3) is 0.333. The number of anilines is 2. The van der Waals surface area contributed by atoms with E-state index in [-0.39, 0.29) is 17.9 Å². The van der Waals surface area contributed by atoms with Gasteiger partial charge in [0, 0.05) is 23.0 Å². The molecule has 0 bridgehead atoms. The Morgan fingerprint density at radius 3 is 2.64 bits per heavy atom. The maximum atomic E-state index is 13.2. The van der Waals surface area contributed by atoms with Gasteiger partial charge >= 0.3 is 0 Å². The fourth-order valence-corrected chi connectivity index (χ4v) is 4.18. The molecule has 2 amide bonds. The minimum absolute atomic E-state index is 0.271. The largest absolute Gasteiger partial charge is 0.497 e. The van der Waals surface area contributed by atoms with Crippen molar-refractivity contribution in [2.24, 2.45) is 5.92 Å². The van der Waals surface area contributed by atoms with Crippen molar-refractivity contribution in [2.75, 3.05) is 17.7 Å². The predicted molar refractivity (Wildman–Crippen MR) is 105 cm³/mol. The van der Waals surface area contributed by atoms with E-state index in [2.05, 4.69) is 16.0 Å². The van der Waals surface area contributed by atoms with Crippen molar-refractivity contribution in [3.63, 3.8) is 0 Å². The molecule has 0 saturated carbocycles. The van der Waals surface area contributed by atoms with E-state index in [0.29, 0.717) is 23.5 Å². The van der Waals surface area contributed by atoms with Crippen LogP contribution in [0.25, 0.3) is 0 Å². The number of para-hydroxylation sites is 1. The molecule has 0 radical (unpaired) electrons. The number of aliphatic hydroxyl groups is 1. The maximum absolute atomic E-state index is 13.2. The zero-order valence-corrected chi connectivity index (χ0v) is 15.7. The second kappa shape index (κ2) is 6.92. The molecule has 7 heteroatoms. The van der Waals surface area contributed by atoms with E-state index in [1.54, 1.807) is 38.3 Å². The van der Waals surface area contributed by atoms with E-state index in [1.807, 2.05) is 24.3 Å². The Bertz CT molecular complexity index is 912. The van der Waals surface area contributed by atoms with Gasteiger partial charge in [0.25, 0.3) is 0 Å². The normalized spacial score (nSPS) is 26.6. The van der Waals surface area contributed by atoms with Crippen molar-refractivity contribution in [2.45, 2.75) is 31.0 Å². The smallest absolute Gasteiger partial charge is 0.250 e. The van der Waals surface area contributed by atoms with Gasteiger partial charge in [0.05, 0.1) is 19.1 Å². The van der Waals surface area contributed by atoms with Crippen molar-refractivity contribution in [3.05, 3.63) is 54.1 Å². The van der Waals surface area contributed by atoms with Crippen LogP contribution in [0.15, 0.2) is 48.5 Å². The Morgan fingerprint density at radius 2 is 1.96 bits per heavy atom. The molecule has 4 rings (SSSR count). The van der Waals surface area contributed by atoms with Gasteiger partial charge in [-0.2, -0.15) is 0 Å². The first-order chi connectivity index (χ1) is 13.5. The summed E-state index contributed by atoms with van der Waals surface area (Å²) in [5.74, 6) is -0.521. The van der Waals surface area contributed by atoms with E-state index in [9.17, 15) is 14.7 Å². The summed E-state index contributed by atoms with van der Waals surface area (Å²) >= 11 is 0. The molecule has 2 aromatic carbocycles. The van der Waals surface area contributed by atoms with Crippen LogP contribution in [0.3, 0.4) is 0 Å². The first kappa shape index (κ1) is 18.5. The Morgan fingerprint density at radius 1 is 1.25 bits per heavy atom. The molecule has 4 atom stereocenters. The molecule has 0 aliphatic carbocycles. The molecule has 1 fully saturated rings. The van der Waals surface area contributed by atoms with E-state index < -0.39 is 17.6 Å². The molecule has 1 saturated heterocycles. The molecule has 28 heavy (non-hydrogen) atoms. The van der Waals surface area contributed by atoms with Crippen LogP contribution in [0, 0.1) is 5.92 Å². The molecular formula is C21H23N3O4. The van der Waals surface area contributed by atoms with Crippen molar-refractivity contribution in [1.29, 1.82) is 0 Å². The summed E-state index contributed by atoms with van der Waals surface area (Å²) in [6.07, 6.45) is -0.349. The highest BCUT2D eigenvalue weighted by atomic mass is 16.5. The van der Waals surface area contributed by atoms with E-state index in [0.717, 1.165) is 5.56 Å². The van der Waals surface area contributed by atoms with Crippen LogP contribution in [-0.4, -0.2) is 36.2 Å². The van der Waals surface area contributed by atoms with Gasteiger partial charge in [-0.05, 0) is 43.7 Å². The number of ether oxygens (including phenoxy) is 1. The van der Waals surface area contributed by atoms with E-state index in [1.165, 1.54) is 0 Å². The van der Waals surface area contributed by atoms with Crippen molar-refractivity contribution >= 4 is 23.2 Å². The fourth-order valence-electron chi connectivity index (χ4n) is 4.18. The van der Waals surface area contributed by atoms with Crippen molar-refractivity contribution in [3.8, 4) is 5.75 Å². The minimum Gasteiger partial charge on any atom is -0.497 e. The number of nitrogens with one attached hydrogen (secondary N) is 3. The highest BCUT2D eigenvalue weighted by molar-refractivity contribution is 6.10. The summed E-state index contributed by atoms with van der Waals surface area (Å²) in [6, 6.07) is 14.0. The molecule has 2 aromatic rings. The number of fused-ring (bicyclic) bond motifs is 2. The number of carbonyl (C=O) groups excluding carboxylic acids is 2. The molecule has 1 spiro atoms. The van der Waals surface area contributed by atoms with Gasteiger partial charge < -0.3 is 20.5 Å². The molecule has 2 heterocycles. The summed E-state index contributed by atoms with van der Waals surface area (Å²) in [7, 11) is 1.58. The first-order valence-corrected chi connectivity index (χ1v) is 9.27. The summed E-state index contributed by atoms with van der Waals surface area (Å²) in [6.45, 7) is 1.66. The quantitative estimate of drug-likeness (QED) is 0.648. The average molecular weight is 381 g/mol. The third-order valence-electron chi connectivity index (χ3n) is 5.64. The van der Waals surface area contributed by atoms with Crippen LogP contribution in [0.2, 0.25) is 0 Å². The highest BCUT2D eigenvalue weighted by Crippen LogP contribution is 2.47. The summed E-state index contributed by atoms with van der Waals surface area (Å²) in [4.78, 5) is 26.2. The van der Waals surface area contributed by atoms with E-state index >= 15 is 0 Å². The van der Waals surface area contributed by atoms with Crippen LogP contribution >= 0.6 is 0 Å². The number of rotatable bonds is 4. The lowest BCUT2D eigenvalue weighted by molar-refractivity contribution is -0.130. The van der Waals surface area contributed by atoms with Crippen LogP contribution < -0.4 is 20.7 Å². The first-order valence-electron chi connectivity index (χ1n) is 9.27. The molecule has 2 aliphatic rings. The third-order valence-corrected chi connectivity index (χ3v) is 5.64. The molecule has 146 valence electrons. The molecule has 0 aromatic heterocycles. The van der Waals surface area contributed by atoms with Crippen molar-refractivity contribution in [1.82, 2.24) is 5.32 Å². The van der Waals surface area contributed by atoms with Gasteiger partial charge in [-0.1, -0.05) is 18.2 Å². The number of methoxy groups -OCH3 is 1. The number of aliphatic hydroxyl groups excluding tert-OH is 1. The van der Waals surface area contributed by atoms with Crippen LogP contribution in [-0.2, 0) is 15.1 Å². The van der Waals surface area contributed by atoms with Crippen molar-refractivity contribution < 1.29 is 19.4 Å². The Labute approximate surface area is 163 Å². The molecule has 2 aliphatic heterocycles. The van der Waals surface area contributed by atoms with Gasteiger partial charge in [-0.15, -0.1) is 0 Å². The Kier molecular flexibility index (Phi) is 4.56. The molecule has 0 unspecified atom stereocenters. The van der Waals surface area contributed by atoms with Gasteiger partial charge in [0.15, 0.2) is 0 Å². The standard InChI is InChI=1S/C21H23N3O4/c1-12(25)18-11-16(19(26)22-13-7-9-14(28-2)10-8-13)21(24-18)15-5-3-4-6-17(15)23-20(21)27/h3-10,12,16,18,24-25H,11H2,1-2H3,(H,22,26)(H,23,27)/t12-,16-,18-,21-/m1/s1.